The lowest BCUT2D eigenvalue weighted by Gasteiger charge is -2.33. The molecule has 3 N–H and O–H groups in total. The van der Waals surface area contributed by atoms with Crippen molar-refractivity contribution >= 4 is 9.84 Å². The molecule has 0 radical (unpaired) electrons. The Bertz CT molecular complexity index is 321. The maximum Gasteiger partial charge on any atom is 0.150 e. The van der Waals surface area contributed by atoms with Gasteiger partial charge in [0.1, 0.15) is 9.84 Å². The number of rotatable bonds is 7. The van der Waals surface area contributed by atoms with Crippen LogP contribution in [0.25, 0.3) is 0 Å². The Morgan fingerprint density at radius 1 is 1.35 bits per heavy atom. The summed E-state index contributed by atoms with van der Waals surface area (Å²) in [5, 5.41) is 0. The molecule has 0 saturated heterocycles. The van der Waals surface area contributed by atoms with Gasteiger partial charge in [0.2, 0.25) is 0 Å². The van der Waals surface area contributed by atoms with E-state index in [1.807, 2.05) is 0 Å². The summed E-state index contributed by atoms with van der Waals surface area (Å²) in [5.41, 5.74) is 3.15. The minimum absolute atomic E-state index is 0.241. The highest BCUT2D eigenvalue weighted by Crippen LogP contribution is 2.41. The number of hydrazine groups is 1. The van der Waals surface area contributed by atoms with E-state index in [-0.39, 0.29) is 23.0 Å². The molecule has 0 bridgehead atoms. The summed E-state index contributed by atoms with van der Waals surface area (Å²) in [6.07, 6.45) is 6.49. The predicted molar refractivity (Wildman–Crippen MR) is 71.2 cm³/mol. The quantitative estimate of drug-likeness (QED) is 0.540. The fourth-order valence-electron chi connectivity index (χ4n) is 2.82. The molecule has 1 atom stereocenters. The van der Waals surface area contributed by atoms with Gasteiger partial charge in [0.05, 0.1) is 5.75 Å². The first-order valence-corrected chi connectivity index (χ1v) is 8.42. The summed E-state index contributed by atoms with van der Waals surface area (Å²) in [5.74, 6) is 6.15. The van der Waals surface area contributed by atoms with Crippen LogP contribution in [0.1, 0.15) is 52.4 Å². The third kappa shape index (κ3) is 4.23. The Hall–Kier alpha value is -0.130. The second kappa shape index (κ2) is 6.16. The summed E-state index contributed by atoms with van der Waals surface area (Å²) in [7, 11) is -2.84. The molecule has 17 heavy (non-hydrogen) atoms. The van der Waals surface area contributed by atoms with Gasteiger partial charge in [-0.25, -0.2) is 8.42 Å². The molecule has 1 fully saturated rings. The molecule has 102 valence electrons. The largest absolute Gasteiger partial charge is 0.271 e. The number of nitrogens with two attached hydrogens (primary N) is 1. The molecular formula is C12H26N2O2S. The van der Waals surface area contributed by atoms with Crippen LogP contribution in [-0.4, -0.2) is 26.0 Å². The van der Waals surface area contributed by atoms with Gasteiger partial charge in [0, 0.05) is 11.8 Å². The molecule has 0 aromatic rings. The van der Waals surface area contributed by atoms with Crippen LogP contribution in [0.2, 0.25) is 0 Å². The summed E-state index contributed by atoms with van der Waals surface area (Å²) in [6, 6.07) is 0.247. The van der Waals surface area contributed by atoms with Crippen molar-refractivity contribution in [3.05, 3.63) is 0 Å². The van der Waals surface area contributed by atoms with Crippen LogP contribution in [0.3, 0.4) is 0 Å². The highest BCUT2D eigenvalue weighted by Gasteiger charge is 2.36. The molecule has 1 aliphatic rings. The van der Waals surface area contributed by atoms with E-state index in [0.717, 1.165) is 6.42 Å². The molecule has 4 nitrogen and oxygen atoms in total. The van der Waals surface area contributed by atoms with Crippen LogP contribution in [0.15, 0.2) is 0 Å². The summed E-state index contributed by atoms with van der Waals surface area (Å²) in [6.45, 7) is 3.96. The smallest absolute Gasteiger partial charge is 0.150 e. The standard InChI is InChI=1S/C12H26N2O2S/c1-3-17(15,16)10-6-7-11(14-13)12(2)8-4-5-9-12/h11,14H,3-10,13H2,1-2H3. The SMILES string of the molecule is CCS(=O)(=O)CCCC(NN)C1(C)CCCC1. The van der Waals surface area contributed by atoms with Crippen molar-refractivity contribution in [2.75, 3.05) is 11.5 Å². The molecule has 0 aromatic heterocycles. The number of nitrogens with one attached hydrogen (secondary N) is 1. The van der Waals surface area contributed by atoms with Gasteiger partial charge in [0.25, 0.3) is 0 Å². The number of sulfone groups is 1. The third-order valence-corrected chi connectivity index (χ3v) is 5.97. The average molecular weight is 262 g/mol. The Labute approximate surface area is 105 Å². The van der Waals surface area contributed by atoms with Crippen molar-refractivity contribution in [1.29, 1.82) is 0 Å². The Balaban J connectivity index is 2.43. The zero-order valence-electron chi connectivity index (χ0n) is 11.0. The van der Waals surface area contributed by atoms with Crippen molar-refractivity contribution in [1.82, 2.24) is 5.43 Å². The monoisotopic (exact) mass is 262 g/mol. The minimum Gasteiger partial charge on any atom is -0.271 e. The minimum atomic E-state index is -2.84. The van der Waals surface area contributed by atoms with E-state index in [4.69, 9.17) is 5.84 Å². The first kappa shape index (κ1) is 14.9. The first-order valence-electron chi connectivity index (χ1n) is 6.60. The highest BCUT2D eigenvalue weighted by molar-refractivity contribution is 7.91. The van der Waals surface area contributed by atoms with Crippen molar-refractivity contribution in [2.24, 2.45) is 11.3 Å². The van der Waals surface area contributed by atoms with Crippen LogP contribution in [0.4, 0.5) is 0 Å². The van der Waals surface area contributed by atoms with Crippen molar-refractivity contribution in [2.45, 2.75) is 58.4 Å². The molecule has 0 spiro atoms. The van der Waals surface area contributed by atoms with Crippen molar-refractivity contribution in [3.63, 3.8) is 0 Å². The van der Waals surface area contributed by atoms with Gasteiger partial charge in [-0.05, 0) is 31.1 Å². The molecule has 0 aliphatic heterocycles. The fraction of sp³-hybridized carbons (Fsp3) is 1.00. The predicted octanol–water partition coefficient (Wildman–Crippen LogP) is 1.61. The van der Waals surface area contributed by atoms with Gasteiger partial charge in [-0.2, -0.15) is 0 Å². The zero-order chi connectivity index (χ0) is 12.9. The van der Waals surface area contributed by atoms with Crippen molar-refractivity contribution in [3.8, 4) is 0 Å². The summed E-state index contributed by atoms with van der Waals surface area (Å²) < 4.78 is 22.8. The maximum absolute atomic E-state index is 11.4. The van der Waals surface area contributed by atoms with Gasteiger partial charge in [-0.15, -0.1) is 0 Å². The zero-order valence-corrected chi connectivity index (χ0v) is 11.9. The van der Waals surface area contributed by atoms with Gasteiger partial charge in [0.15, 0.2) is 0 Å². The van der Waals surface area contributed by atoms with Crippen LogP contribution < -0.4 is 11.3 Å². The van der Waals surface area contributed by atoms with E-state index in [2.05, 4.69) is 12.3 Å². The lowest BCUT2D eigenvalue weighted by Crippen LogP contribution is -2.46. The molecular weight excluding hydrogens is 236 g/mol. The van der Waals surface area contributed by atoms with Crippen LogP contribution in [-0.2, 0) is 9.84 Å². The average Bonchev–Trinajstić information content (AvgIpc) is 2.72. The molecule has 1 rings (SSSR count). The second-order valence-corrected chi connectivity index (χ2v) is 7.93. The molecule has 0 heterocycles. The van der Waals surface area contributed by atoms with Gasteiger partial charge >= 0.3 is 0 Å². The van der Waals surface area contributed by atoms with Crippen molar-refractivity contribution < 1.29 is 8.42 Å². The lowest BCUT2D eigenvalue weighted by atomic mass is 9.79. The van der Waals surface area contributed by atoms with E-state index in [1.165, 1.54) is 25.7 Å². The molecule has 1 aliphatic carbocycles. The van der Waals surface area contributed by atoms with E-state index in [9.17, 15) is 8.42 Å². The number of hydrogen-bond donors (Lipinski definition) is 2. The van der Waals surface area contributed by atoms with Crippen LogP contribution in [0.5, 0.6) is 0 Å². The normalized spacial score (nSPS) is 21.6. The molecule has 0 amide bonds. The third-order valence-electron chi connectivity index (χ3n) is 4.18. The van der Waals surface area contributed by atoms with Crippen LogP contribution >= 0.6 is 0 Å². The summed E-state index contributed by atoms with van der Waals surface area (Å²) >= 11 is 0. The summed E-state index contributed by atoms with van der Waals surface area (Å²) in [4.78, 5) is 0. The topological polar surface area (TPSA) is 72.2 Å². The van der Waals surface area contributed by atoms with E-state index in [0.29, 0.717) is 6.42 Å². The Morgan fingerprint density at radius 2 is 1.94 bits per heavy atom. The van der Waals surface area contributed by atoms with E-state index in [1.54, 1.807) is 6.92 Å². The Morgan fingerprint density at radius 3 is 2.41 bits per heavy atom. The molecule has 1 unspecified atom stereocenters. The van der Waals surface area contributed by atoms with Crippen LogP contribution in [0, 0.1) is 5.41 Å². The molecule has 5 heteroatoms. The number of hydrogen-bond acceptors (Lipinski definition) is 4. The van der Waals surface area contributed by atoms with E-state index < -0.39 is 9.84 Å². The Kier molecular flexibility index (Phi) is 5.41. The second-order valence-electron chi connectivity index (χ2n) is 5.46. The molecule has 0 aromatic carbocycles. The first-order chi connectivity index (χ1) is 7.93. The van der Waals surface area contributed by atoms with Gasteiger partial charge in [-0.1, -0.05) is 26.7 Å². The fourth-order valence-corrected chi connectivity index (χ4v) is 3.71. The van der Waals surface area contributed by atoms with Gasteiger partial charge < -0.3 is 0 Å². The van der Waals surface area contributed by atoms with E-state index >= 15 is 0 Å². The lowest BCUT2D eigenvalue weighted by molar-refractivity contribution is 0.210. The highest BCUT2D eigenvalue weighted by atomic mass is 32.2. The maximum atomic E-state index is 11.4. The van der Waals surface area contributed by atoms with Gasteiger partial charge in [-0.3, -0.25) is 11.3 Å². The molecule has 1 saturated carbocycles.